The quantitative estimate of drug-likeness (QED) is 0.277. The molecule has 0 aromatic rings. The van der Waals surface area contributed by atoms with Gasteiger partial charge in [-0.15, -0.1) is 0 Å². The first-order valence-corrected chi connectivity index (χ1v) is 9.70. The molecule has 0 heterocycles. The number of aliphatic hydroxyl groups is 2. The van der Waals surface area contributed by atoms with Crippen molar-refractivity contribution in [3.05, 3.63) is 0 Å². The Balaban J connectivity index is 3.29. The summed E-state index contributed by atoms with van der Waals surface area (Å²) in [5, 5.41) is 18.4. The van der Waals surface area contributed by atoms with Crippen LogP contribution in [-0.4, -0.2) is 28.3 Å². The lowest BCUT2D eigenvalue weighted by molar-refractivity contribution is -0.138. The summed E-state index contributed by atoms with van der Waals surface area (Å²) in [6.45, 7) is 1.98. The summed E-state index contributed by atoms with van der Waals surface area (Å²) in [5.41, 5.74) is 3.62. The normalized spacial score (nSPS) is 13.9. The molecule has 0 rings (SSSR count). The van der Waals surface area contributed by atoms with E-state index in [9.17, 15) is 9.90 Å². The number of unbranched alkanes of at least 4 members (excludes halogenated alkanes) is 12. The topological polar surface area (TPSA) is 83.6 Å². The van der Waals surface area contributed by atoms with Crippen molar-refractivity contribution in [2.24, 2.45) is 5.73 Å². The van der Waals surface area contributed by atoms with Crippen molar-refractivity contribution in [3.8, 4) is 0 Å². The second kappa shape index (κ2) is 15.1. The van der Waals surface area contributed by atoms with Gasteiger partial charge in [-0.1, -0.05) is 84.0 Å². The monoisotopic (exact) mass is 329 g/mol. The third kappa shape index (κ3) is 13.7. The lowest BCUT2D eigenvalue weighted by Crippen LogP contribution is -2.48. The van der Waals surface area contributed by atoms with Crippen LogP contribution in [-0.2, 0) is 4.79 Å². The number of rotatable bonds is 17. The number of carbonyl (C=O) groups is 1. The highest BCUT2D eigenvalue weighted by atomic mass is 16.3. The molecule has 0 aliphatic carbocycles. The van der Waals surface area contributed by atoms with Gasteiger partial charge >= 0.3 is 0 Å². The minimum Gasteiger partial charge on any atom is -0.396 e. The molecule has 0 aromatic heterocycles. The Bertz CT molecular complexity index is 280. The fourth-order valence-corrected chi connectivity index (χ4v) is 2.83. The molecule has 1 unspecified atom stereocenters. The fraction of sp³-hybridized carbons (Fsp3) is 0.947. The third-order valence-electron chi connectivity index (χ3n) is 4.48. The van der Waals surface area contributed by atoms with Gasteiger partial charge in [0.05, 0.1) is 0 Å². The number of Topliss-reactive ketones (excluding diaryl/α,β-unsaturated/α-hetero) is 1. The highest BCUT2D eigenvalue weighted by Crippen LogP contribution is 2.14. The van der Waals surface area contributed by atoms with E-state index in [1.54, 1.807) is 0 Å². The van der Waals surface area contributed by atoms with Crippen LogP contribution in [0.2, 0.25) is 0 Å². The van der Waals surface area contributed by atoms with E-state index >= 15 is 0 Å². The van der Waals surface area contributed by atoms with Crippen LogP contribution in [0.1, 0.15) is 103 Å². The van der Waals surface area contributed by atoms with E-state index in [4.69, 9.17) is 10.8 Å². The van der Waals surface area contributed by atoms with Crippen molar-refractivity contribution in [1.29, 1.82) is 0 Å². The van der Waals surface area contributed by atoms with E-state index in [1.807, 2.05) is 0 Å². The van der Waals surface area contributed by atoms with Crippen molar-refractivity contribution in [2.45, 2.75) is 109 Å². The van der Waals surface area contributed by atoms with Crippen molar-refractivity contribution in [1.82, 2.24) is 0 Å². The SMILES string of the molecule is CCCCCCCCCCCCCCCC(=O)C(N)(O)CCO. The lowest BCUT2D eigenvalue weighted by atomic mass is 9.99. The van der Waals surface area contributed by atoms with Gasteiger partial charge < -0.3 is 10.2 Å². The molecule has 0 fully saturated rings. The maximum atomic E-state index is 11.7. The van der Waals surface area contributed by atoms with Crippen LogP contribution in [0.4, 0.5) is 0 Å². The standard InChI is InChI=1S/C19H39NO3/c1-2-3-4-5-6-7-8-9-10-11-12-13-14-15-18(22)19(20,23)16-17-21/h21,23H,2-17,20H2,1H3. The Morgan fingerprint density at radius 2 is 1.22 bits per heavy atom. The highest BCUT2D eigenvalue weighted by Gasteiger charge is 2.29. The molecule has 0 amide bonds. The summed E-state index contributed by atoms with van der Waals surface area (Å²) >= 11 is 0. The lowest BCUT2D eigenvalue weighted by Gasteiger charge is -2.20. The predicted molar refractivity (Wildman–Crippen MR) is 96.2 cm³/mol. The molecule has 4 nitrogen and oxygen atoms in total. The zero-order valence-electron chi connectivity index (χ0n) is 15.2. The smallest absolute Gasteiger partial charge is 0.179 e. The number of hydrogen-bond acceptors (Lipinski definition) is 4. The molecule has 4 heteroatoms. The number of hydrogen-bond donors (Lipinski definition) is 3. The maximum absolute atomic E-state index is 11.7. The molecule has 0 aliphatic rings. The molecule has 0 saturated heterocycles. The summed E-state index contributed by atoms with van der Waals surface area (Å²) < 4.78 is 0. The summed E-state index contributed by atoms with van der Waals surface area (Å²) in [4.78, 5) is 11.7. The molecular weight excluding hydrogens is 290 g/mol. The largest absolute Gasteiger partial charge is 0.396 e. The van der Waals surface area contributed by atoms with Crippen LogP contribution in [0, 0.1) is 0 Å². The third-order valence-corrected chi connectivity index (χ3v) is 4.48. The zero-order valence-corrected chi connectivity index (χ0v) is 15.2. The van der Waals surface area contributed by atoms with Crippen LogP contribution < -0.4 is 5.73 Å². The average molecular weight is 330 g/mol. The Hall–Kier alpha value is -0.450. The summed E-state index contributed by atoms with van der Waals surface area (Å²) in [5.74, 6) is -0.352. The van der Waals surface area contributed by atoms with Crippen molar-refractivity contribution < 1.29 is 15.0 Å². The molecule has 0 radical (unpaired) electrons. The van der Waals surface area contributed by atoms with Gasteiger partial charge in [0, 0.05) is 19.4 Å². The van der Waals surface area contributed by atoms with Gasteiger partial charge in [-0.2, -0.15) is 0 Å². The molecule has 1 atom stereocenters. The number of ketones is 1. The summed E-state index contributed by atoms with van der Waals surface area (Å²) in [6.07, 6.45) is 16.6. The van der Waals surface area contributed by atoms with Gasteiger partial charge in [0.25, 0.3) is 0 Å². The van der Waals surface area contributed by atoms with Crippen molar-refractivity contribution in [2.75, 3.05) is 6.61 Å². The van der Waals surface area contributed by atoms with Gasteiger partial charge in [-0.25, -0.2) is 0 Å². The van der Waals surface area contributed by atoms with E-state index in [-0.39, 0.29) is 18.8 Å². The first kappa shape index (κ1) is 22.6. The molecule has 4 N–H and O–H groups in total. The molecule has 0 aliphatic heterocycles. The van der Waals surface area contributed by atoms with Crippen LogP contribution in [0.5, 0.6) is 0 Å². The molecule has 0 bridgehead atoms. The van der Waals surface area contributed by atoms with E-state index in [1.165, 1.54) is 64.2 Å². The van der Waals surface area contributed by atoms with E-state index in [0.29, 0.717) is 6.42 Å². The van der Waals surface area contributed by atoms with E-state index in [2.05, 4.69) is 6.92 Å². The first-order valence-electron chi connectivity index (χ1n) is 9.70. The van der Waals surface area contributed by atoms with Gasteiger partial charge in [-0.05, 0) is 6.42 Å². The highest BCUT2D eigenvalue weighted by molar-refractivity contribution is 5.86. The number of aliphatic hydroxyl groups excluding tert-OH is 1. The van der Waals surface area contributed by atoms with Crippen LogP contribution in [0.15, 0.2) is 0 Å². The molecule has 23 heavy (non-hydrogen) atoms. The minimum atomic E-state index is -1.84. The minimum absolute atomic E-state index is 0.0791. The number of nitrogens with two attached hydrogens (primary N) is 1. The van der Waals surface area contributed by atoms with Crippen LogP contribution >= 0.6 is 0 Å². The number of carbonyl (C=O) groups excluding carboxylic acids is 1. The zero-order chi connectivity index (χ0) is 17.4. The van der Waals surface area contributed by atoms with E-state index < -0.39 is 5.72 Å². The average Bonchev–Trinajstić information content (AvgIpc) is 2.51. The van der Waals surface area contributed by atoms with Gasteiger partial charge in [-0.3, -0.25) is 10.5 Å². The molecule has 138 valence electrons. The van der Waals surface area contributed by atoms with Crippen LogP contribution in [0.3, 0.4) is 0 Å². The summed E-state index contributed by atoms with van der Waals surface area (Å²) in [6, 6.07) is 0. The van der Waals surface area contributed by atoms with Gasteiger partial charge in [0.1, 0.15) is 0 Å². The molecule has 0 spiro atoms. The second-order valence-electron chi connectivity index (χ2n) is 6.81. The van der Waals surface area contributed by atoms with Gasteiger partial charge in [0.2, 0.25) is 0 Å². The van der Waals surface area contributed by atoms with E-state index in [0.717, 1.165) is 19.3 Å². The first-order chi connectivity index (χ1) is 11.0. The van der Waals surface area contributed by atoms with Crippen molar-refractivity contribution in [3.63, 3.8) is 0 Å². The van der Waals surface area contributed by atoms with Crippen LogP contribution in [0.25, 0.3) is 0 Å². The molecule has 0 saturated carbocycles. The Kier molecular flexibility index (Phi) is 14.8. The predicted octanol–water partition coefficient (Wildman–Crippen LogP) is 4.07. The summed E-state index contributed by atoms with van der Waals surface area (Å²) in [7, 11) is 0. The van der Waals surface area contributed by atoms with Gasteiger partial charge in [0.15, 0.2) is 11.5 Å². The Morgan fingerprint density at radius 3 is 1.61 bits per heavy atom. The second-order valence-corrected chi connectivity index (χ2v) is 6.81. The Labute approximate surface area is 142 Å². The fourth-order valence-electron chi connectivity index (χ4n) is 2.83. The Morgan fingerprint density at radius 1 is 0.826 bits per heavy atom. The molecular formula is C19H39NO3. The van der Waals surface area contributed by atoms with Crippen molar-refractivity contribution >= 4 is 5.78 Å². The molecule has 0 aromatic carbocycles. The maximum Gasteiger partial charge on any atom is 0.179 e.